The van der Waals surface area contributed by atoms with Gasteiger partial charge in [-0.3, -0.25) is 4.79 Å². The van der Waals surface area contributed by atoms with E-state index in [0.717, 1.165) is 38.6 Å². The molecule has 0 radical (unpaired) electrons. The number of hydrazine groups is 1. The van der Waals surface area contributed by atoms with E-state index in [1.54, 1.807) is 6.92 Å². The molecule has 0 amide bonds. The van der Waals surface area contributed by atoms with Crippen molar-refractivity contribution in [3.8, 4) is 0 Å². The van der Waals surface area contributed by atoms with Gasteiger partial charge in [-0.1, -0.05) is 6.42 Å². The molecule has 1 aliphatic heterocycles. The predicted molar refractivity (Wildman–Crippen MR) is 96.5 cm³/mol. The summed E-state index contributed by atoms with van der Waals surface area (Å²) < 4.78 is 9.86. The minimum absolute atomic E-state index is 0.278. The summed E-state index contributed by atoms with van der Waals surface area (Å²) in [5.41, 5.74) is 7.99. The third-order valence-corrected chi connectivity index (χ3v) is 5.35. The highest BCUT2D eigenvalue weighted by molar-refractivity contribution is 5.80. The van der Waals surface area contributed by atoms with Crippen molar-refractivity contribution in [2.45, 2.75) is 51.5 Å². The summed E-state index contributed by atoms with van der Waals surface area (Å²) >= 11 is 0. The van der Waals surface area contributed by atoms with Crippen LogP contribution in [0.15, 0.2) is 5.10 Å². The van der Waals surface area contributed by atoms with Crippen LogP contribution in [0.5, 0.6) is 0 Å². The zero-order valence-corrected chi connectivity index (χ0v) is 15.4. The van der Waals surface area contributed by atoms with Crippen molar-refractivity contribution in [2.24, 2.45) is 34.4 Å². The number of nitrogens with one attached hydrogen (secondary N) is 2. The number of carbonyl (C=O) groups is 2. The van der Waals surface area contributed by atoms with E-state index in [1.165, 1.54) is 6.42 Å². The molecule has 0 bridgehead atoms. The van der Waals surface area contributed by atoms with Crippen LogP contribution in [0.2, 0.25) is 0 Å². The molecule has 1 heterocycles. The zero-order chi connectivity index (χ0) is 18.9. The average Bonchev–Trinajstić information content (AvgIpc) is 2.64. The van der Waals surface area contributed by atoms with Gasteiger partial charge in [0.05, 0.1) is 6.61 Å². The SMILES string of the molecule is CCOC(=O)COC(=O)C1CC2CC(CC/C(N)=N/NN)CCC2CN1. The van der Waals surface area contributed by atoms with Crippen molar-refractivity contribution in [1.82, 2.24) is 10.9 Å². The summed E-state index contributed by atoms with van der Waals surface area (Å²) in [6, 6.07) is -0.350. The standard InChI is InChI=1S/C17H31N5O4/c1-2-25-16(23)10-26-17(24)14-8-13-7-11(3-5-12(13)9-20-14)4-6-15(18)21-22-19/h11-14,20,22H,2-10,19H2,1H3,(H2,18,21). The van der Waals surface area contributed by atoms with E-state index in [-0.39, 0.29) is 25.2 Å². The molecule has 1 saturated carbocycles. The Morgan fingerprint density at radius 2 is 2.04 bits per heavy atom. The molecule has 0 aromatic rings. The van der Waals surface area contributed by atoms with Gasteiger partial charge in [0, 0.05) is 6.42 Å². The number of rotatable bonds is 8. The molecule has 6 N–H and O–H groups in total. The molecule has 2 rings (SSSR count). The van der Waals surface area contributed by atoms with Crippen molar-refractivity contribution in [3.05, 3.63) is 0 Å². The second-order valence-corrected chi connectivity index (χ2v) is 7.08. The number of amidine groups is 1. The maximum atomic E-state index is 12.2. The fourth-order valence-corrected chi connectivity index (χ4v) is 4.03. The number of esters is 2. The Labute approximate surface area is 154 Å². The lowest BCUT2D eigenvalue weighted by Gasteiger charge is -2.42. The molecule has 2 fully saturated rings. The number of hydrogen-bond donors (Lipinski definition) is 4. The number of ether oxygens (including phenoxy) is 2. The Hall–Kier alpha value is -1.87. The fourth-order valence-electron chi connectivity index (χ4n) is 4.03. The highest BCUT2D eigenvalue weighted by Gasteiger charge is 2.38. The summed E-state index contributed by atoms with van der Waals surface area (Å²) in [6.07, 6.45) is 5.85. The van der Waals surface area contributed by atoms with Gasteiger partial charge in [-0.25, -0.2) is 16.2 Å². The molecule has 9 heteroatoms. The number of fused-ring (bicyclic) bond motifs is 1. The first-order valence-electron chi connectivity index (χ1n) is 9.36. The molecular formula is C17H31N5O4. The van der Waals surface area contributed by atoms with E-state index >= 15 is 0 Å². The number of nitrogens with two attached hydrogens (primary N) is 2. The lowest BCUT2D eigenvalue weighted by Crippen LogP contribution is -2.50. The fraction of sp³-hybridized carbons (Fsp3) is 0.824. The molecule has 148 valence electrons. The van der Waals surface area contributed by atoms with Crippen LogP contribution in [0, 0.1) is 17.8 Å². The number of nitrogens with zero attached hydrogens (tertiary/aromatic N) is 1. The largest absolute Gasteiger partial charge is 0.463 e. The highest BCUT2D eigenvalue weighted by atomic mass is 16.6. The lowest BCUT2D eigenvalue weighted by molar-refractivity contribution is -0.160. The summed E-state index contributed by atoms with van der Waals surface area (Å²) in [6.45, 7) is 2.49. The van der Waals surface area contributed by atoms with E-state index in [4.69, 9.17) is 21.1 Å². The van der Waals surface area contributed by atoms with Crippen LogP contribution in [-0.2, 0) is 19.1 Å². The average molecular weight is 369 g/mol. The first-order valence-corrected chi connectivity index (χ1v) is 9.36. The van der Waals surface area contributed by atoms with Gasteiger partial charge in [0.1, 0.15) is 11.9 Å². The first-order chi connectivity index (χ1) is 12.5. The van der Waals surface area contributed by atoms with Gasteiger partial charge in [-0.15, -0.1) is 0 Å². The van der Waals surface area contributed by atoms with Crippen LogP contribution < -0.4 is 22.4 Å². The van der Waals surface area contributed by atoms with Gasteiger partial charge in [-0.05, 0) is 56.9 Å². The number of carbonyl (C=O) groups excluding carboxylic acids is 2. The van der Waals surface area contributed by atoms with E-state index in [2.05, 4.69) is 16.0 Å². The number of hydrogen-bond acceptors (Lipinski definition) is 8. The number of hydrazone groups is 1. The Bertz CT molecular complexity index is 513. The maximum Gasteiger partial charge on any atom is 0.344 e. The molecule has 1 aliphatic carbocycles. The minimum Gasteiger partial charge on any atom is -0.463 e. The Kier molecular flexibility index (Phi) is 8.11. The lowest BCUT2D eigenvalue weighted by atomic mass is 9.69. The Morgan fingerprint density at radius 3 is 2.77 bits per heavy atom. The first kappa shape index (κ1) is 20.4. The van der Waals surface area contributed by atoms with Gasteiger partial charge >= 0.3 is 11.9 Å². The maximum absolute atomic E-state index is 12.2. The molecule has 4 unspecified atom stereocenters. The second-order valence-electron chi connectivity index (χ2n) is 7.08. The monoisotopic (exact) mass is 369 g/mol. The molecule has 9 nitrogen and oxygen atoms in total. The van der Waals surface area contributed by atoms with Crippen LogP contribution in [0.3, 0.4) is 0 Å². The summed E-state index contributed by atoms with van der Waals surface area (Å²) in [5.74, 6) is 6.42. The second kappa shape index (κ2) is 10.3. The van der Waals surface area contributed by atoms with Crippen molar-refractivity contribution in [3.63, 3.8) is 0 Å². The third kappa shape index (κ3) is 6.14. The Balaban J connectivity index is 1.78. The summed E-state index contributed by atoms with van der Waals surface area (Å²) in [4.78, 5) is 23.5. The van der Waals surface area contributed by atoms with Crippen molar-refractivity contribution in [1.29, 1.82) is 0 Å². The molecule has 2 aliphatic rings. The predicted octanol–water partition coefficient (Wildman–Crippen LogP) is 0.00280. The van der Waals surface area contributed by atoms with Gasteiger partial charge in [0.2, 0.25) is 0 Å². The molecule has 0 aromatic carbocycles. The molecule has 4 atom stereocenters. The molecule has 26 heavy (non-hydrogen) atoms. The van der Waals surface area contributed by atoms with Crippen LogP contribution in [0.25, 0.3) is 0 Å². The molecule has 0 aromatic heterocycles. The highest BCUT2D eigenvalue weighted by Crippen LogP contribution is 2.40. The summed E-state index contributed by atoms with van der Waals surface area (Å²) in [5, 5.41) is 7.05. The van der Waals surface area contributed by atoms with E-state index in [9.17, 15) is 9.59 Å². The van der Waals surface area contributed by atoms with Crippen molar-refractivity contribution in [2.75, 3.05) is 19.8 Å². The van der Waals surface area contributed by atoms with Crippen molar-refractivity contribution < 1.29 is 19.1 Å². The Morgan fingerprint density at radius 1 is 1.23 bits per heavy atom. The topological polar surface area (TPSA) is 141 Å². The molecule has 1 saturated heterocycles. The van der Waals surface area contributed by atoms with Gasteiger partial charge < -0.3 is 20.5 Å². The number of piperidine rings is 1. The van der Waals surface area contributed by atoms with Crippen LogP contribution >= 0.6 is 0 Å². The van der Waals surface area contributed by atoms with Crippen LogP contribution in [-0.4, -0.2) is 43.6 Å². The van der Waals surface area contributed by atoms with Gasteiger partial charge in [0.25, 0.3) is 0 Å². The van der Waals surface area contributed by atoms with Crippen LogP contribution in [0.4, 0.5) is 0 Å². The van der Waals surface area contributed by atoms with E-state index in [1.807, 2.05) is 0 Å². The zero-order valence-electron chi connectivity index (χ0n) is 15.4. The normalized spacial score (nSPS) is 28.8. The van der Waals surface area contributed by atoms with E-state index in [0.29, 0.717) is 23.6 Å². The molecule has 0 spiro atoms. The van der Waals surface area contributed by atoms with E-state index < -0.39 is 5.97 Å². The summed E-state index contributed by atoms with van der Waals surface area (Å²) in [7, 11) is 0. The minimum atomic E-state index is -0.515. The quantitative estimate of drug-likeness (QED) is 0.154. The van der Waals surface area contributed by atoms with Gasteiger partial charge in [-0.2, -0.15) is 5.10 Å². The molecular weight excluding hydrogens is 338 g/mol. The van der Waals surface area contributed by atoms with Gasteiger partial charge in [0.15, 0.2) is 6.61 Å². The van der Waals surface area contributed by atoms with Crippen molar-refractivity contribution >= 4 is 17.8 Å². The smallest absolute Gasteiger partial charge is 0.344 e. The van der Waals surface area contributed by atoms with Crippen LogP contribution in [0.1, 0.15) is 45.4 Å². The third-order valence-electron chi connectivity index (χ3n) is 5.35.